The molecule has 0 aromatic carbocycles. The predicted molar refractivity (Wildman–Crippen MR) is 57.6 cm³/mol. The van der Waals surface area contributed by atoms with Gasteiger partial charge in [0.1, 0.15) is 0 Å². The van der Waals surface area contributed by atoms with Crippen molar-refractivity contribution in [2.24, 2.45) is 11.7 Å². The molecule has 0 amide bonds. The minimum absolute atomic E-state index is 0.374. The van der Waals surface area contributed by atoms with E-state index in [-0.39, 0.29) is 0 Å². The van der Waals surface area contributed by atoms with E-state index in [1.807, 2.05) is 0 Å². The average Bonchev–Trinajstić information content (AvgIpc) is 2.07. The van der Waals surface area contributed by atoms with Gasteiger partial charge < -0.3 is 10.6 Å². The number of rotatable bonds is 3. The molecule has 1 aliphatic rings. The summed E-state index contributed by atoms with van der Waals surface area (Å²) in [5, 5.41) is 0. The molecule has 2 atom stereocenters. The van der Waals surface area contributed by atoms with Crippen molar-refractivity contribution in [3.63, 3.8) is 0 Å². The normalized spacial score (nSPS) is 30.4. The number of piperidine rings is 1. The molecule has 1 aliphatic heterocycles. The number of hydrogen-bond acceptors (Lipinski definition) is 2. The minimum atomic E-state index is 0.374. The van der Waals surface area contributed by atoms with E-state index in [1.165, 1.54) is 18.5 Å². The molecule has 2 heteroatoms. The second kappa shape index (κ2) is 4.77. The van der Waals surface area contributed by atoms with Gasteiger partial charge in [0.15, 0.2) is 0 Å². The fourth-order valence-electron chi connectivity index (χ4n) is 1.72. The lowest BCUT2D eigenvalue weighted by molar-refractivity contribution is 0.170. The first-order chi connectivity index (χ1) is 6.09. The van der Waals surface area contributed by atoms with Crippen LogP contribution in [0, 0.1) is 5.92 Å². The maximum Gasteiger partial charge on any atom is 0.0194 e. The topological polar surface area (TPSA) is 29.3 Å². The summed E-state index contributed by atoms with van der Waals surface area (Å²) in [6.45, 7) is 11.7. The highest BCUT2D eigenvalue weighted by Gasteiger charge is 2.22. The third-order valence-corrected chi connectivity index (χ3v) is 2.96. The number of nitrogens with two attached hydrogens (primary N) is 1. The second-order valence-electron chi connectivity index (χ2n) is 4.44. The molecule has 0 spiro atoms. The first-order valence-corrected chi connectivity index (χ1v) is 5.22. The first kappa shape index (κ1) is 10.7. The van der Waals surface area contributed by atoms with Gasteiger partial charge in [-0.2, -0.15) is 0 Å². The number of hydrogen-bond donors (Lipinski definition) is 1. The van der Waals surface area contributed by atoms with Gasteiger partial charge in [-0.25, -0.2) is 0 Å². The molecule has 0 saturated carbocycles. The van der Waals surface area contributed by atoms with Crippen LogP contribution in [0.2, 0.25) is 0 Å². The quantitative estimate of drug-likeness (QED) is 0.672. The van der Waals surface area contributed by atoms with Crippen molar-refractivity contribution < 1.29 is 0 Å². The molecule has 0 aromatic rings. The standard InChI is InChI=1S/C11H22N2/c1-9(2)4-6-13-7-5-10(3)11(12)8-13/h10-11H,1,4-8,12H2,2-3H3. The fraction of sp³-hybridized carbons (Fsp3) is 0.818. The molecule has 0 aliphatic carbocycles. The average molecular weight is 182 g/mol. The van der Waals surface area contributed by atoms with Gasteiger partial charge in [0, 0.05) is 19.1 Å². The van der Waals surface area contributed by atoms with E-state index < -0.39 is 0 Å². The van der Waals surface area contributed by atoms with Crippen LogP contribution in [-0.2, 0) is 0 Å². The van der Waals surface area contributed by atoms with Crippen molar-refractivity contribution in [1.82, 2.24) is 4.90 Å². The van der Waals surface area contributed by atoms with Crippen LogP contribution in [-0.4, -0.2) is 30.6 Å². The molecular formula is C11H22N2. The van der Waals surface area contributed by atoms with Gasteiger partial charge in [0.25, 0.3) is 0 Å². The molecule has 1 rings (SSSR count). The van der Waals surface area contributed by atoms with Crippen LogP contribution in [0.3, 0.4) is 0 Å². The Balaban J connectivity index is 2.25. The van der Waals surface area contributed by atoms with Crippen LogP contribution in [0.25, 0.3) is 0 Å². The lowest BCUT2D eigenvalue weighted by Gasteiger charge is -2.35. The SMILES string of the molecule is C=C(C)CCN1CCC(C)C(N)C1. The highest BCUT2D eigenvalue weighted by atomic mass is 15.1. The van der Waals surface area contributed by atoms with Crippen LogP contribution in [0.15, 0.2) is 12.2 Å². The lowest BCUT2D eigenvalue weighted by Crippen LogP contribution is -2.47. The van der Waals surface area contributed by atoms with Crippen LogP contribution < -0.4 is 5.73 Å². The molecule has 13 heavy (non-hydrogen) atoms. The third-order valence-electron chi connectivity index (χ3n) is 2.96. The Morgan fingerprint density at radius 2 is 2.31 bits per heavy atom. The predicted octanol–water partition coefficient (Wildman–Crippen LogP) is 1.62. The van der Waals surface area contributed by atoms with Crippen molar-refractivity contribution in [2.75, 3.05) is 19.6 Å². The first-order valence-electron chi connectivity index (χ1n) is 5.22. The lowest BCUT2D eigenvalue weighted by atomic mass is 9.94. The molecule has 1 heterocycles. The maximum absolute atomic E-state index is 6.01. The Hall–Kier alpha value is -0.340. The van der Waals surface area contributed by atoms with E-state index in [4.69, 9.17) is 5.73 Å². The van der Waals surface area contributed by atoms with E-state index >= 15 is 0 Å². The van der Waals surface area contributed by atoms with Crippen LogP contribution in [0.5, 0.6) is 0 Å². The smallest absolute Gasteiger partial charge is 0.0194 e. The van der Waals surface area contributed by atoms with Crippen molar-refractivity contribution in [3.05, 3.63) is 12.2 Å². The number of nitrogens with zero attached hydrogens (tertiary/aromatic N) is 1. The fourth-order valence-corrected chi connectivity index (χ4v) is 1.72. The van der Waals surface area contributed by atoms with Gasteiger partial charge >= 0.3 is 0 Å². The monoisotopic (exact) mass is 182 g/mol. The summed E-state index contributed by atoms with van der Waals surface area (Å²) in [4.78, 5) is 2.46. The zero-order valence-electron chi connectivity index (χ0n) is 8.92. The van der Waals surface area contributed by atoms with Gasteiger partial charge in [-0.1, -0.05) is 12.5 Å². The van der Waals surface area contributed by atoms with Crippen LogP contribution >= 0.6 is 0 Å². The van der Waals surface area contributed by atoms with Crippen molar-refractivity contribution in [2.45, 2.75) is 32.7 Å². The highest BCUT2D eigenvalue weighted by Crippen LogP contribution is 2.15. The Morgan fingerprint density at radius 3 is 2.85 bits per heavy atom. The summed E-state index contributed by atoms with van der Waals surface area (Å²) in [5.74, 6) is 0.695. The van der Waals surface area contributed by atoms with Crippen molar-refractivity contribution >= 4 is 0 Å². The Kier molecular flexibility index (Phi) is 3.94. The van der Waals surface area contributed by atoms with E-state index in [2.05, 4.69) is 25.3 Å². The molecule has 0 bridgehead atoms. The summed E-state index contributed by atoms with van der Waals surface area (Å²) in [5.41, 5.74) is 7.28. The van der Waals surface area contributed by atoms with Gasteiger partial charge in [-0.3, -0.25) is 0 Å². The van der Waals surface area contributed by atoms with Gasteiger partial charge in [0.05, 0.1) is 0 Å². The molecule has 2 nitrogen and oxygen atoms in total. The highest BCUT2D eigenvalue weighted by molar-refractivity contribution is 4.90. The molecule has 1 saturated heterocycles. The Bertz CT molecular complexity index is 177. The molecule has 1 fully saturated rings. The van der Waals surface area contributed by atoms with Crippen LogP contribution in [0.4, 0.5) is 0 Å². The molecule has 0 aromatic heterocycles. The van der Waals surface area contributed by atoms with Gasteiger partial charge in [0.2, 0.25) is 0 Å². The van der Waals surface area contributed by atoms with Crippen molar-refractivity contribution in [3.8, 4) is 0 Å². The molecule has 2 unspecified atom stereocenters. The summed E-state index contributed by atoms with van der Waals surface area (Å²) in [6, 6.07) is 0.374. The number of likely N-dealkylation sites (tertiary alicyclic amines) is 1. The molecular weight excluding hydrogens is 160 g/mol. The van der Waals surface area contributed by atoms with E-state index in [0.717, 1.165) is 19.5 Å². The molecule has 76 valence electrons. The summed E-state index contributed by atoms with van der Waals surface area (Å²) in [6.07, 6.45) is 2.36. The summed E-state index contributed by atoms with van der Waals surface area (Å²) >= 11 is 0. The van der Waals surface area contributed by atoms with E-state index in [9.17, 15) is 0 Å². The largest absolute Gasteiger partial charge is 0.326 e. The molecule has 0 radical (unpaired) electrons. The summed E-state index contributed by atoms with van der Waals surface area (Å²) in [7, 11) is 0. The molecule has 2 N–H and O–H groups in total. The maximum atomic E-state index is 6.01. The van der Waals surface area contributed by atoms with Gasteiger partial charge in [-0.05, 0) is 32.2 Å². The second-order valence-corrected chi connectivity index (χ2v) is 4.44. The van der Waals surface area contributed by atoms with E-state index in [0.29, 0.717) is 12.0 Å². The van der Waals surface area contributed by atoms with E-state index in [1.54, 1.807) is 0 Å². The zero-order chi connectivity index (χ0) is 9.84. The Labute approximate surface area is 81.8 Å². The van der Waals surface area contributed by atoms with Gasteiger partial charge in [-0.15, -0.1) is 6.58 Å². The van der Waals surface area contributed by atoms with Crippen LogP contribution in [0.1, 0.15) is 26.7 Å². The Morgan fingerprint density at radius 1 is 1.62 bits per heavy atom. The zero-order valence-corrected chi connectivity index (χ0v) is 8.92. The van der Waals surface area contributed by atoms with Crippen molar-refractivity contribution in [1.29, 1.82) is 0 Å². The minimum Gasteiger partial charge on any atom is -0.326 e. The third kappa shape index (κ3) is 3.49. The summed E-state index contributed by atoms with van der Waals surface area (Å²) < 4.78 is 0.